The number of nitrogens with zero attached hydrogens (tertiary/aromatic N) is 7. The maximum Gasteiger partial charge on any atom is 0.293 e. The van der Waals surface area contributed by atoms with Crippen molar-refractivity contribution in [3.05, 3.63) is 75.2 Å². The molecule has 344 valence electrons. The number of aldehydes is 1. The first-order chi connectivity index (χ1) is 31.3. The van der Waals surface area contributed by atoms with E-state index in [2.05, 4.69) is 35.6 Å². The van der Waals surface area contributed by atoms with Crippen molar-refractivity contribution >= 4 is 75.6 Å². The summed E-state index contributed by atoms with van der Waals surface area (Å²) in [5.41, 5.74) is 2.21. The number of hydrogen-bond acceptors (Lipinski definition) is 14. The topological polar surface area (TPSA) is 201 Å². The van der Waals surface area contributed by atoms with E-state index in [4.69, 9.17) is 26.1 Å². The van der Waals surface area contributed by atoms with E-state index in [-0.39, 0.29) is 59.4 Å². The van der Waals surface area contributed by atoms with E-state index in [1.54, 1.807) is 29.0 Å². The van der Waals surface area contributed by atoms with Gasteiger partial charge in [0.05, 0.1) is 36.0 Å². The summed E-state index contributed by atoms with van der Waals surface area (Å²) in [7, 11) is 2.95. The summed E-state index contributed by atoms with van der Waals surface area (Å²) < 4.78 is 13.7. The minimum Gasteiger partial charge on any atom is -0.478 e. The van der Waals surface area contributed by atoms with Crippen LogP contribution in [-0.4, -0.2) is 139 Å². The van der Waals surface area contributed by atoms with Crippen LogP contribution in [0.5, 0.6) is 5.75 Å². The Balaban J connectivity index is 0.840. The van der Waals surface area contributed by atoms with Gasteiger partial charge >= 0.3 is 0 Å². The van der Waals surface area contributed by atoms with Crippen molar-refractivity contribution in [3.8, 4) is 5.75 Å². The quantitative estimate of drug-likeness (QED) is 0.108. The van der Waals surface area contributed by atoms with Gasteiger partial charge in [-0.05, 0) is 94.5 Å². The van der Waals surface area contributed by atoms with E-state index in [0.29, 0.717) is 54.4 Å². The number of amides is 4. The fourth-order valence-corrected chi connectivity index (χ4v) is 9.58. The second-order valence-corrected chi connectivity index (χ2v) is 17.9. The van der Waals surface area contributed by atoms with E-state index in [1.807, 2.05) is 38.1 Å². The number of fused-ring (bicyclic) bond motifs is 2. The van der Waals surface area contributed by atoms with Gasteiger partial charge in [0.1, 0.15) is 23.0 Å². The summed E-state index contributed by atoms with van der Waals surface area (Å²) in [5, 5.41) is 9.44. The molecule has 6 heterocycles. The molecule has 2 aromatic heterocycles. The predicted octanol–water partition coefficient (Wildman–Crippen LogP) is 3.78. The van der Waals surface area contributed by atoms with Gasteiger partial charge in [-0.1, -0.05) is 11.6 Å². The second kappa shape index (κ2) is 19.2. The molecule has 4 amide bonds. The normalized spacial score (nSPS) is 17.9. The number of likely N-dealkylation sites (tertiary alicyclic amines) is 1. The summed E-state index contributed by atoms with van der Waals surface area (Å²) in [5.74, 6) is -0.233. The van der Waals surface area contributed by atoms with E-state index in [1.165, 1.54) is 14.1 Å². The molecule has 1 atom stereocenters. The number of carbonyl (C=O) groups excluding carboxylic acids is 5. The van der Waals surface area contributed by atoms with Crippen molar-refractivity contribution in [1.82, 2.24) is 35.0 Å². The molecule has 4 aliphatic heterocycles. The van der Waals surface area contributed by atoms with Crippen LogP contribution in [0.4, 0.5) is 23.1 Å². The molecule has 1 unspecified atom stereocenters. The minimum absolute atomic E-state index is 0.0574. The fraction of sp³-hybridized carbons (Fsp3) is 0.478. The van der Waals surface area contributed by atoms with E-state index < -0.39 is 23.8 Å². The van der Waals surface area contributed by atoms with Crippen LogP contribution in [0.1, 0.15) is 72.7 Å². The smallest absolute Gasteiger partial charge is 0.293 e. The number of aromatic nitrogens is 3. The van der Waals surface area contributed by atoms with Gasteiger partial charge in [-0.15, -0.1) is 0 Å². The average Bonchev–Trinajstić information content (AvgIpc) is 3.55. The Hall–Kier alpha value is -6.11. The Morgan fingerprint density at radius 2 is 1.74 bits per heavy atom. The first kappa shape index (κ1) is 45.5. The zero-order valence-electron chi connectivity index (χ0n) is 37.1. The second-order valence-electron chi connectivity index (χ2n) is 17.5. The van der Waals surface area contributed by atoms with Crippen molar-refractivity contribution in [3.63, 3.8) is 0 Å². The Bertz CT molecular complexity index is 2550. The number of hydrogen-bond donors (Lipinski definition) is 3. The monoisotopic (exact) mass is 910 g/mol. The number of imide groups is 1. The molecule has 0 bridgehead atoms. The lowest BCUT2D eigenvalue weighted by molar-refractivity contribution is -0.149. The standard InChI is InChI=1S/C46H55ClN10O8/c1-28(2)56-36-10-7-31(20-30(36)21-38(44(56)63)64-24-39(59)48-3)51-40-35(47)23-50-45(52-40)55-17-19-65-46(27-55)25-53(26-46)14-11-29-12-15-54(16-13-29)32-8-9-33-34(22-32)43(62)57(42(33)61)37(6-5-18-58)41(60)49-4/h7-10,18,20-23,28-29,37H,5-6,11-17,19,24-27H2,1-4H3,(H,48,59)(H,49,60)(H,50,51,52). The van der Waals surface area contributed by atoms with Crippen LogP contribution in [0.2, 0.25) is 5.02 Å². The Kier molecular flexibility index (Phi) is 13.4. The van der Waals surface area contributed by atoms with Gasteiger partial charge in [0, 0.05) is 76.0 Å². The van der Waals surface area contributed by atoms with Crippen LogP contribution >= 0.6 is 11.6 Å². The lowest BCUT2D eigenvalue weighted by Crippen LogP contribution is -2.70. The largest absolute Gasteiger partial charge is 0.478 e. The molecule has 8 rings (SSSR count). The molecule has 3 saturated heterocycles. The molecule has 0 aliphatic carbocycles. The molecule has 19 heteroatoms. The number of morpholine rings is 1. The number of anilines is 4. The van der Waals surface area contributed by atoms with E-state index in [9.17, 15) is 28.8 Å². The number of likely N-dealkylation sites (N-methyl/N-ethyl adjacent to an activating group) is 2. The van der Waals surface area contributed by atoms with Crippen LogP contribution in [-0.2, 0) is 19.1 Å². The van der Waals surface area contributed by atoms with Crippen LogP contribution in [0.25, 0.3) is 10.9 Å². The molecule has 0 radical (unpaired) electrons. The molecular weight excluding hydrogens is 856 g/mol. The summed E-state index contributed by atoms with van der Waals surface area (Å²) in [6.45, 7) is 9.61. The number of halogens is 1. The van der Waals surface area contributed by atoms with Crippen LogP contribution in [0.3, 0.4) is 0 Å². The van der Waals surface area contributed by atoms with E-state index in [0.717, 1.165) is 73.5 Å². The fourth-order valence-electron chi connectivity index (χ4n) is 9.44. The molecule has 3 fully saturated rings. The molecule has 0 saturated carbocycles. The molecule has 2 aromatic carbocycles. The van der Waals surface area contributed by atoms with Crippen LogP contribution < -0.4 is 36.0 Å². The molecule has 3 N–H and O–H groups in total. The van der Waals surface area contributed by atoms with Gasteiger partial charge in [0.2, 0.25) is 11.9 Å². The zero-order valence-corrected chi connectivity index (χ0v) is 37.9. The van der Waals surface area contributed by atoms with Gasteiger partial charge in [-0.2, -0.15) is 4.98 Å². The number of benzene rings is 2. The number of piperidine rings is 1. The molecule has 18 nitrogen and oxygen atoms in total. The van der Waals surface area contributed by atoms with E-state index >= 15 is 0 Å². The third-order valence-corrected chi connectivity index (χ3v) is 13.1. The lowest BCUT2D eigenvalue weighted by atomic mass is 9.89. The molecular formula is C46H55ClN10O8. The van der Waals surface area contributed by atoms with Gasteiger partial charge in [0.25, 0.3) is 23.3 Å². The van der Waals surface area contributed by atoms with Crippen molar-refractivity contribution in [2.75, 3.05) is 88.2 Å². The lowest BCUT2D eigenvalue weighted by Gasteiger charge is -2.54. The third-order valence-electron chi connectivity index (χ3n) is 12.9. The maximum atomic E-state index is 13.5. The van der Waals surface area contributed by atoms with Crippen LogP contribution in [0, 0.1) is 5.92 Å². The van der Waals surface area contributed by atoms with Gasteiger partial charge in [0.15, 0.2) is 18.2 Å². The maximum absolute atomic E-state index is 13.5. The zero-order chi connectivity index (χ0) is 46.0. The van der Waals surface area contributed by atoms with Crippen LogP contribution in [0.15, 0.2) is 53.5 Å². The average molecular weight is 911 g/mol. The summed E-state index contributed by atoms with van der Waals surface area (Å²) in [4.78, 5) is 92.8. The summed E-state index contributed by atoms with van der Waals surface area (Å²) >= 11 is 6.63. The Morgan fingerprint density at radius 3 is 2.46 bits per heavy atom. The molecule has 1 spiro atoms. The van der Waals surface area contributed by atoms with Gasteiger partial charge in [-0.3, -0.25) is 33.8 Å². The van der Waals surface area contributed by atoms with Crippen molar-refractivity contribution in [1.29, 1.82) is 0 Å². The highest BCUT2D eigenvalue weighted by atomic mass is 35.5. The highest BCUT2D eigenvalue weighted by Crippen LogP contribution is 2.36. The Morgan fingerprint density at radius 1 is 0.969 bits per heavy atom. The molecule has 65 heavy (non-hydrogen) atoms. The molecule has 4 aliphatic rings. The van der Waals surface area contributed by atoms with Gasteiger partial charge < -0.3 is 44.6 Å². The first-order valence-corrected chi connectivity index (χ1v) is 22.6. The summed E-state index contributed by atoms with van der Waals surface area (Å²) in [6, 6.07) is 11.4. The number of carbonyl (C=O) groups is 5. The number of rotatable bonds is 16. The molecule has 4 aromatic rings. The predicted molar refractivity (Wildman–Crippen MR) is 245 cm³/mol. The third kappa shape index (κ3) is 9.37. The number of nitrogens with one attached hydrogen (secondary N) is 3. The van der Waals surface area contributed by atoms with Crippen molar-refractivity contribution in [2.45, 2.75) is 63.6 Å². The number of ether oxygens (including phenoxy) is 2. The van der Waals surface area contributed by atoms with Gasteiger partial charge in [-0.25, -0.2) is 4.98 Å². The highest BCUT2D eigenvalue weighted by Gasteiger charge is 2.48. The first-order valence-electron chi connectivity index (χ1n) is 22.2. The summed E-state index contributed by atoms with van der Waals surface area (Å²) in [6.07, 6.45) is 5.46. The number of pyridine rings is 1. The van der Waals surface area contributed by atoms with Crippen molar-refractivity contribution in [2.24, 2.45) is 5.92 Å². The van der Waals surface area contributed by atoms with Crippen molar-refractivity contribution < 1.29 is 33.4 Å². The highest BCUT2D eigenvalue weighted by molar-refractivity contribution is 6.33. The minimum atomic E-state index is -1.05. The Labute approximate surface area is 381 Å². The SMILES string of the molecule is CNC(=O)COc1cc2cc(Nc3nc(N4CCOC5(CN(CCC6CCN(c7ccc8c(c7)C(=O)N(C(CCC=O)C(=O)NC)C8=O)CC6)C5)C4)ncc3Cl)ccc2n(C(C)C)c1=O.